The van der Waals surface area contributed by atoms with Gasteiger partial charge in [0, 0.05) is 6.04 Å². The van der Waals surface area contributed by atoms with Gasteiger partial charge in [0.15, 0.2) is 0 Å². The highest BCUT2D eigenvalue weighted by molar-refractivity contribution is 6.33. The summed E-state index contributed by atoms with van der Waals surface area (Å²) in [5, 5.41) is 3.96. The van der Waals surface area contributed by atoms with Gasteiger partial charge in [0.05, 0.1) is 10.7 Å². The Hall–Kier alpha value is -1.54. The molecule has 2 aromatic rings. The van der Waals surface area contributed by atoms with Crippen LogP contribution in [-0.4, -0.2) is 0 Å². The quantitative estimate of drug-likeness (QED) is 0.825. The van der Waals surface area contributed by atoms with Crippen LogP contribution in [0.1, 0.15) is 24.1 Å². The van der Waals surface area contributed by atoms with E-state index in [0.29, 0.717) is 5.02 Å². The van der Waals surface area contributed by atoms with E-state index in [1.165, 1.54) is 12.1 Å². The molecular formula is C15H15ClFN. The van der Waals surface area contributed by atoms with Crippen LogP contribution in [-0.2, 0) is 0 Å². The zero-order valence-electron chi connectivity index (χ0n) is 10.4. The smallest absolute Gasteiger partial charge is 0.123 e. The monoisotopic (exact) mass is 263 g/mol. The molecule has 0 aliphatic heterocycles. The number of hydrogen-bond donors (Lipinski definition) is 1. The lowest BCUT2D eigenvalue weighted by molar-refractivity contribution is 0.623. The van der Waals surface area contributed by atoms with Crippen LogP contribution >= 0.6 is 11.6 Å². The van der Waals surface area contributed by atoms with Gasteiger partial charge < -0.3 is 5.32 Å². The molecule has 0 bridgehead atoms. The first kappa shape index (κ1) is 12.9. The number of anilines is 1. The Kier molecular flexibility index (Phi) is 3.87. The minimum Gasteiger partial charge on any atom is -0.377 e. The van der Waals surface area contributed by atoms with Crippen LogP contribution < -0.4 is 5.32 Å². The molecule has 0 aromatic heterocycles. The zero-order valence-corrected chi connectivity index (χ0v) is 11.1. The highest BCUT2D eigenvalue weighted by Crippen LogP contribution is 2.27. The molecule has 3 heteroatoms. The Morgan fingerprint density at radius 2 is 1.94 bits per heavy atom. The third kappa shape index (κ3) is 3.02. The van der Waals surface area contributed by atoms with Gasteiger partial charge in [0.1, 0.15) is 5.82 Å². The molecule has 0 fully saturated rings. The molecule has 0 aliphatic rings. The second-order valence-corrected chi connectivity index (χ2v) is 4.81. The van der Waals surface area contributed by atoms with Crippen molar-refractivity contribution in [2.45, 2.75) is 19.9 Å². The van der Waals surface area contributed by atoms with Crippen LogP contribution in [0.15, 0.2) is 42.5 Å². The summed E-state index contributed by atoms with van der Waals surface area (Å²) in [6, 6.07) is 12.4. The minimum atomic E-state index is -0.226. The van der Waals surface area contributed by atoms with Crippen molar-refractivity contribution in [3.8, 4) is 0 Å². The van der Waals surface area contributed by atoms with E-state index in [1.54, 1.807) is 6.07 Å². The standard InChI is InChI=1S/C15H15ClFN/c1-10-6-7-15(14(16)8-10)18-11(2)12-4-3-5-13(17)9-12/h3-9,11,18H,1-2H3. The Bertz CT molecular complexity index is 554. The van der Waals surface area contributed by atoms with Crippen molar-refractivity contribution in [2.24, 2.45) is 0 Å². The summed E-state index contributed by atoms with van der Waals surface area (Å²) >= 11 is 6.16. The van der Waals surface area contributed by atoms with Crippen molar-refractivity contribution in [2.75, 3.05) is 5.32 Å². The summed E-state index contributed by atoms with van der Waals surface area (Å²) in [4.78, 5) is 0. The zero-order chi connectivity index (χ0) is 13.1. The molecule has 0 heterocycles. The Morgan fingerprint density at radius 3 is 2.61 bits per heavy atom. The summed E-state index contributed by atoms with van der Waals surface area (Å²) in [7, 11) is 0. The van der Waals surface area contributed by atoms with E-state index in [2.05, 4.69) is 5.32 Å². The highest BCUT2D eigenvalue weighted by Gasteiger charge is 2.08. The molecular weight excluding hydrogens is 249 g/mol. The predicted molar refractivity (Wildman–Crippen MR) is 74.6 cm³/mol. The third-order valence-corrected chi connectivity index (χ3v) is 3.16. The maximum atomic E-state index is 13.1. The van der Waals surface area contributed by atoms with Crippen LogP contribution in [0.3, 0.4) is 0 Å². The summed E-state index contributed by atoms with van der Waals surface area (Å²) < 4.78 is 13.1. The van der Waals surface area contributed by atoms with Crippen molar-refractivity contribution < 1.29 is 4.39 Å². The fraction of sp³-hybridized carbons (Fsp3) is 0.200. The molecule has 0 spiro atoms. The fourth-order valence-corrected chi connectivity index (χ4v) is 2.12. The van der Waals surface area contributed by atoms with Crippen molar-refractivity contribution >= 4 is 17.3 Å². The number of hydrogen-bond acceptors (Lipinski definition) is 1. The number of halogens is 2. The highest BCUT2D eigenvalue weighted by atomic mass is 35.5. The Balaban J connectivity index is 2.18. The van der Waals surface area contributed by atoms with Crippen LogP contribution in [0.4, 0.5) is 10.1 Å². The van der Waals surface area contributed by atoms with Gasteiger partial charge >= 0.3 is 0 Å². The van der Waals surface area contributed by atoms with E-state index in [9.17, 15) is 4.39 Å². The molecule has 0 saturated carbocycles. The summed E-state index contributed by atoms with van der Waals surface area (Å²) in [5.41, 5.74) is 2.87. The molecule has 0 radical (unpaired) electrons. The second-order valence-electron chi connectivity index (χ2n) is 4.40. The molecule has 1 unspecified atom stereocenters. The normalized spacial score (nSPS) is 12.2. The van der Waals surface area contributed by atoms with E-state index < -0.39 is 0 Å². The number of nitrogens with one attached hydrogen (secondary N) is 1. The van der Waals surface area contributed by atoms with Crippen LogP contribution in [0.25, 0.3) is 0 Å². The largest absolute Gasteiger partial charge is 0.377 e. The van der Waals surface area contributed by atoms with Gasteiger partial charge in [0.2, 0.25) is 0 Å². The van der Waals surface area contributed by atoms with Gasteiger partial charge in [-0.3, -0.25) is 0 Å². The SMILES string of the molecule is Cc1ccc(NC(C)c2cccc(F)c2)c(Cl)c1. The maximum Gasteiger partial charge on any atom is 0.123 e. The molecule has 2 rings (SSSR count). The topological polar surface area (TPSA) is 12.0 Å². The van der Waals surface area contributed by atoms with Gasteiger partial charge in [-0.25, -0.2) is 4.39 Å². The first-order valence-electron chi connectivity index (χ1n) is 5.84. The predicted octanol–water partition coefficient (Wildman–Crippen LogP) is 4.96. The Labute approximate surface area is 112 Å². The molecule has 0 aliphatic carbocycles. The second kappa shape index (κ2) is 5.40. The maximum absolute atomic E-state index is 13.1. The van der Waals surface area contributed by atoms with E-state index >= 15 is 0 Å². The number of rotatable bonds is 3. The summed E-state index contributed by atoms with van der Waals surface area (Å²) in [5.74, 6) is -0.226. The van der Waals surface area contributed by atoms with Crippen LogP contribution in [0.2, 0.25) is 5.02 Å². The lowest BCUT2D eigenvalue weighted by Gasteiger charge is -2.17. The molecule has 0 saturated heterocycles. The molecule has 18 heavy (non-hydrogen) atoms. The fourth-order valence-electron chi connectivity index (χ4n) is 1.83. The molecule has 0 amide bonds. The third-order valence-electron chi connectivity index (χ3n) is 2.85. The van der Waals surface area contributed by atoms with E-state index in [-0.39, 0.29) is 11.9 Å². The van der Waals surface area contributed by atoms with Crippen molar-refractivity contribution in [1.82, 2.24) is 0 Å². The van der Waals surface area contributed by atoms with E-state index in [4.69, 9.17) is 11.6 Å². The molecule has 1 N–H and O–H groups in total. The van der Waals surface area contributed by atoms with Gasteiger partial charge in [-0.1, -0.05) is 29.8 Å². The van der Waals surface area contributed by atoms with E-state index in [0.717, 1.165) is 16.8 Å². The van der Waals surface area contributed by atoms with Gasteiger partial charge in [-0.2, -0.15) is 0 Å². The summed E-state index contributed by atoms with van der Waals surface area (Å²) in [6.07, 6.45) is 0. The van der Waals surface area contributed by atoms with Crippen LogP contribution in [0.5, 0.6) is 0 Å². The minimum absolute atomic E-state index is 0.000839. The lowest BCUT2D eigenvalue weighted by Crippen LogP contribution is -2.07. The molecule has 2 aromatic carbocycles. The van der Waals surface area contributed by atoms with Crippen molar-refractivity contribution in [1.29, 1.82) is 0 Å². The van der Waals surface area contributed by atoms with Crippen molar-refractivity contribution in [3.05, 3.63) is 64.4 Å². The number of benzene rings is 2. The van der Waals surface area contributed by atoms with Gasteiger partial charge in [-0.05, 0) is 49.2 Å². The molecule has 1 nitrogen and oxygen atoms in total. The first-order valence-corrected chi connectivity index (χ1v) is 6.22. The van der Waals surface area contributed by atoms with Gasteiger partial charge in [0.25, 0.3) is 0 Å². The summed E-state index contributed by atoms with van der Waals surface area (Å²) in [6.45, 7) is 3.97. The Morgan fingerprint density at radius 1 is 1.17 bits per heavy atom. The molecule has 1 atom stereocenters. The molecule has 94 valence electrons. The number of aryl methyl sites for hydroxylation is 1. The van der Waals surface area contributed by atoms with Crippen LogP contribution in [0, 0.1) is 12.7 Å². The van der Waals surface area contributed by atoms with Crippen molar-refractivity contribution in [3.63, 3.8) is 0 Å². The average Bonchev–Trinajstić information content (AvgIpc) is 2.32. The van der Waals surface area contributed by atoms with Gasteiger partial charge in [-0.15, -0.1) is 0 Å². The average molecular weight is 264 g/mol. The lowest BCUT2D eigenvalue weighted by atomic mass is 10.1. The first-order chi connectivity index (χ1) is 8.56. The van der Waals surface area contributed by atoms with E-state index in [1.807, 2.05) is 38.1 Å².